The van der Waals surface area contributed by atoms with E-state index < -0.39 is 34.5 Å². The van der Waals surface area contributed by atoms with Gasteiger partial charge in [0, 0.05) is 6.07 Å². The second-order valence-corrected chi connectivity index (χ2v) is 4.97. The average Bonchev–Trinajstić information content (AvgIpc) is 2.54. The summed E-state index contributed by atoms with van der Waals surface area (Å²) in [5, 5.41) is 14.6. The monoisotopic (exact) mass is 393 g/mol. The first kappa shape index (κ1) is 20.0. The van der Waals surface area contributed by atoms with Crippen LogP contribution in [0.15, 0.2) is 47.6 Å². The molecule has 0 aliphatic heterocycles. The molecule has 0 spiro atoms. The van der Waals surface area contributed by atoms with Crippen LogP contribution in [0.2, 0.25) is 0 Å². The molecule has 0 radical (unpaired) electrons. The molecule has 6 nitrogen and oxygen atoms in total. The summed E-state index contributed by atoms with van der Waals surface area (Å²) in [6.07, 6.45) is -8.47. The van der Waals surface area contributed by atoms with Crippen LogP contribution in [-0.2, 0) is 6.18 Å². The van der Waals surface area contributed by atoms with E-state index in [0.29, 0.717) is 17.7 Å². The van der Waals surface area contributed by atoms with Crippen molar-refractivity contribution in [3.05, 3.63) is 63.7 Å². The number of nitro benzene ring substituents is 1. The Balaban J connectivity index is 2.12. The SMILES string of the molecule is O=[N+]([O-])c1cc(C(F)(F)F)ccc1N/N=C/c1ccc(OC(F)(F)F)cc1. The first-order valence-electron chi connectivity index (χ1n) is 6.96. The van der Waals surface area contributed by atoms with Gasteiger partial charge >= 0.3 is 12.5 Å². The van der Waals surface area contributed by atoms with Crippen molar-refractivity contribution >= 4 is 17.6 Å². The maximum Gasteiger partial charge on any atom is 0.573 e. The zero-order valence-electron chi connectivity index (χ0n) is 13.0. The second kappa shape index (κ2) is 7.51. The lowest BCUT2D eigenvalue weighted by Crippen LogP contribution is -2.17. The van der Waals surface area contributed by atoms with Gasteiger partial charge in [0.15, 0.2) is 0 Å². The molecule has 12 heteroatoms. The predicted molar refractivity (Wildman–Crippen MR) is 82.4 cm³/mol. The van der Waals surface area contributed by atoms with E-state index >= 15 is 0 Å². The van der Waals surface area contributed by atoms with Crippen LogP contribution in [0, 0.1) is 10.1 Å². The van der Waals surface area contributed by atoms with Crippen LogP contribution in [0.25, 0.3) is 0 Å². The summed E-state index contributed by atoms with van der Waals surface area (Å²) in [6, 6.07) is 6.36. The number of ether oxygens (including phenoxy) is 1. The van der Waals surface area contributed by atoms with Crippen molar-refractivity contribution < 1.29 is 36.0 Å². The molecule has 2 aromatic rings. The largest absolute Gasteiger partial charge is 0.573 e. The molecule has 1 N–H and O–H groups in total. The van der Waals surface area contributed by atoms with Gasteiger partial charge in [-0.25, -0.2) is 0 Å². The minimum atomic E-state index is -4.83. The minimum Gasteiger partial charge on any atom is -0.406 e. The number of nitrogens with zero attached hydrogens (tertiary/aromatic N) is 2. The number of nitro groups is 1. The van der Waals surface area contributed by atoms with Crippen LogP contribution in [-0.4, -0.2) is 17.5 Å². The van der Waals surface area contributed by atoms with Gasteiger partial charge in [-0.1, -0.05) is 0 Å². The third-order valence-electron chi connectivity index (χ3n) is 3.03. The summed E-state index contributed by atoms with van der Waals surface area (Å²) in [5.41, 5.74) is 0.217. The van der Waals surface area contributed by atoms with Crippen molar-refractivity contribution in [2.24, 2.45) is 5.10 Å². The van der Waals surface area contributed by atoms with E-state index in [1.807, 2.05) is 0 Å². The Labute approximate surface area is 147 Å². The summed E-state index contributed by atoms with van der Waals surface area (Å²) in [7, 11) is 0. The molecule has 27 heavy (non-hydrogen) atoms. The molecule has 0 aromatic heterocycles. The van der Waals surface area contributed by atoms with Crippen molar-refractivity contribution in [3.8, 4) is 5.75 Å². The zero-order valence-corrected chi connectivity index (χ0v) is 13.0. The van der Waals surface area contributed by atoms with Gasteiger partial charge < -0.3 is 4.74 Å². The summed E-state index contributed by atoms with van der Waals surface area (Å²) < 4.78 is 77.7. The highest BCUT2D eigenvalue weighted by molar-refractivity contribution is 5.80. The van der Waals surface area contributed by atoms with Crippen molar-refractivity contribution in [1.29, 1.82) is 0 Å². The van der Waals surface area contributed by atoms with E-state index in [-0.39, 0.29) is 5.69 Å². The second-order valence-electron chi connectivity index (χ2n) is 4.97. The zero-order chi connectivity index (χ0) is 20.2. The van der Waals surface area contributed by atoms with E-state index in [9.17, 15) is 36.5 Å². The number of benzene rings is 2. The Hall–Kier alpha value is -3.31. The van der Waals surface area contributed by atoms with Crippen molar-refractivity contribution in [3.63, 3.8) is 0 Å². The molecule has 144 valence electrons. The molecule has 2 aromatic carbocycles. The fraction of sp³-hybridized carbons (Fsp3) is 0.133. The normalized spacial score (nSPS) is 12.2. The fourth-order valence-electron chi connectivity index (χ4n) is 1.89. The van der Waals surface area contributed by atoms with E-state index in [4.69, 9.17) is 0 Å². The number of rotatable bonds is 5. The van der Waals surface area contributed by atoms with Crippen LogP contribution in [0.1, 0.15) is 11.1 Å². The molecule has 0 bridgehead atoms. The predicted octanol–water partition coefficient (Wildman–Crippen LogP) is 4.96. The van der Waals surface area contributed by atoms with Crippen LogP contribution in [0.3, 0.4) is 0 Å². The fourth-order valence-corrected chi connectivity index (χ4v) is 1.89. The Bertz CT molecular complexity index is 847. The molecular formula is C15H9F6N3O3. The van der Waals surface area contributed by atoms with Gasteiger partial charge in [0.1, 0.15) is 11.4 Å². The highest BCUT2D eigenvalue weighted by Crippen LogP contribution is 2.35. The third-order valence-corrected chi connectivity index (χ3v) is 3.03. The van der Waals surface area contributed by atoms with Crippen LogP contribution >= 0.6 is 0 Å². The molecule has 2 rings (SSSR count). The minimum absolute atomic E-state index is 0.290. The number of alkyl halides is 6. The van der Waals surface area contributed by atoms with Crippen LogP contribution < -0.4 is 10.2 Å². The molecule has 0 saturated heterocycles. The quantitative estimate of drug-likeness (QED) is 0.337. The number of halogens is 6. The summed E-state index contributed by atoms with van der Waals surface area (Å²) in [6.45, 7) is 0. The maximum atomic E-state index is 12.6. The maximum absolute atomic E-state index is 12.6. The first-order chi connectivity index (χ1) is 12.5. The highest BCUT2D eigenvalue weighted by atomic mass is 19.4. The van der Waals surface area contributed by atoms with Gasteiger partial charge in [0.25, 0.3) is 5.69 Å². The molecule has 0 fully saturated rings. The van der Waals surface area contributed by atoms with Crippen molar-refractivity contribution in [2.45, 2.75) is 12.5 Å². The van der Waals surface area contributed by atoms with E-state index in [1.54, 1.807) is 0 Å². The molecule has 0 heterocycles. The third kappa shape index (κ3) is 5.87. The number of hydrogen-bond acceptors (Lipinski definition) is 5. The van der Waals surface area contributed by atoms with E-state index in [2.05, 4.69) is 15.3 Å². The Morgan fingerprint density at radius 2 is 1.67 bits per heavy atom. The summed E-state index contributed by atoms with van der Waals surface area (Å²) >= 11 is 0. The van der Waals surface area contributed by atoms with Crippen molar-refractivity contribution in [2.75, 3.05) is 5.43 Å². The summed E-state index contributed by atoms with van der Waals surface area (Å²) in [4.78, 5) is 9.92. The lowest BCUT2D eigenvalue weighted by molar-refractivity contribution is -0.384. The Kier molecular flexibility index (Phi) is 5.57. The standard InChI is InChI=1S/C15H9F6N3O3/c16-14(17,18)10-3-6-12(13(7-10)24(25)26)23-22-8-9-1-4-11(5-2-9)27-15(19,20)21/h1-8,23H/b22-8+. The van der Waals surface area contributed by atoms with Gasteiger partial charge in [-0.3, -0.25) is 15.5 Å². The smallest absolute Gasteiger partial charge is 0.406 e. The van der Waals surface area contributed by atoms with Gasteiger partial charge in [-0.15, -0.1) is 13.2 Å². The number of hydrogen-bond donors (Lipinski definition) is 1. The van der Waals surface area contributed by atoms with Crippen molar-refractivity contribution in [1.82, 2.24) is 0 Å². The molecule has 0 amide bonds. The lowest BCUT2D eigenvalue weighted by Gasteiger charge is -2.09. The molecule has 0 atom stereocenters. The number of anilines is 1. The number of hydrazone groups is 1. The van der Waals surface area contributed by atoms with Gasteiger partial charge in [-0.2, -0.15) is 18.3 Å². The molecule has 0 aliphatic carbocycles. The van der Waals surface area contributed by atoms with Gasteiger partial charge in [-0.05, 0) is 42.0 Å². The molecule has 0 saturated carbocycles. The topological polar surface area (TPSA) is 76.8 Å². The molecule has 0 unspecified atom stereocenters. The van der Waals surface area contributed by atoms with Crippen LogP contribution in [0.5, 0.6) is 5.75 Å². The van der Waals surface area contributed by atoms with Gasteiger partial charge in [0.05, 0.1) is 16.7 Å². The average molecular weight is 393 g/mol. The first-order valence-corrected chi connectivity index (χ1v) is 6.96. The molecular weight excluding hydrogens is 384 g/mol. The lowest BCUT2D eigenvalue weighted by atomic mass is 10.1. The Morgan fingerprint density at radius 3 is 2.19 bits per heavy atom. The Morgan fingerprint density at radius 1 is 1.04 bits per heavy atom. The number of nitrogens with one attached hydrogen (secondary N) is 1. The summed E-state index contributed by atoms with van der Waals surface area (Å²) in [5.74, 6) is -0.453. The van der Waals surface area contributed by atoms with E-state index in [1.165, 1.54) is 12.1 Å². The van der Waals surface area contributed by atoms with Gasteiger partial charge in [0.2, 0.25) is 0 Å². The van der Waals surface area contributed by atoms with E-state index in [0.717, 1.165) is 24.4 Å². The highest BCUT2D eigenvalue weighted by Gasteiger charge is 2.33. The van der Waals surface area contributed by atoms with Crippen LogP contribution in [0.4, 0.5) is 37.7 Å². The molecule has 0 aliphatic rings.